The van der Waals surface area contributed by atoms with Crippen molar-refractivity contribution in [2.45, 2.75) is 31.2 Å². The van der Waals surface area contributed by atoms with E-state index in [2.05, 4.69) is 5.32 Å². The van der Waals surface area contributed by atoms with Gasteiger partial charge in [0.05, 0.1) is 0 Å². The molecule has 0 atom stereocenters. The topological polar surface area (TPSA) is 87.9 Å². The second-order valence-corrected chi connectivity index (χ2v) is 6.02. The van der Waals surface area contributed by atoms with Gasteiger partial charge >= 0.3 is 6.03 Å². The number of amides is 3. The largest absolute Gasteiger partial charge is 0.381 e. The van der Waals surface area contributed by atoms with Gasteiger partial charge in [0.25, 0.3) is 5.91 Å². The van der Waals surface area contributed by atoms with Gasteiger partial charge in [-0.3, -0.25) is 15.5 Å². The average Bonchev–Trinajstić information content (AvgIpc) is 2.68. The summed E-state index contributed by atoms with van der Waals surface area (Å²) in [5, 5.41) is 4.60. The summed E-state index contributed by atoms with van der Waals surface area (Å²) in [6.07, 6.45) is 3.03. The molecule has 3 aliphatic heterocycles. The van der Waals surface area contributed by atoms with Crippen LogP contribution in [0.4, 0.5) is 4.79 Å². The molecule has 0 aliphatic carbocycles. The van der Waals surface area contributed by atoms with Crippen molar-refractivity contribution in [2.75, 3.05) is 32.8 Å². The highest BCUT2D eigenvalue weighted by atomic mass is 16.5. The van der Waals surface area contributed by atoms with E-state index in [0.29, 0.717) is 38.4 Å². The van der Waals surface area contributed by atoms with Gasteiger partial charge in [-0.15, -0.1) is 0 Å². The van der Waals surface area contributed by atoms with Crippen molar-refractivity contribution < 1.29 is 14.3 Å². The summed E-state index contributed by atoms with van der Waals surface area (Å²) in [5.74, 6) is 6.03. The number of carbonyl (C=O) groups excluding carboxylic acids is 2. The highest BCUT2D eigenvalue weighted by molar-refractivity contribution is 6.07. The van der Waals surface area contributed by atoms with Gasteiger partial charge in [0, 0.05) is 32.8 Å². The van der Waals surface area contributed by atoms with Crippen LogP contribution in [0.3, 0.4) is 0 Å². The Labute approximate surface area is 118 Å². The van der Waals surface area contributed by atoms with Crippen LogP contribution in [-0.4, -0.2) is 60.2 Å². The van der Waals surface area contributed by atoms with Crippen LogP contribution in [0.2, 0.25) is 0 Å². The monoisotopic (exact) mass is 282 g/mol. The van der Waals surface area contributed by atoms with Crippen LogP contribution in [-0.2, 0) is 9.53 Å². The number of nitrogens with zero attached hydrogens (tertiary/aromatic N) is 2. The Kier molecular flexibility index (Phi) is 3.66. The number of urea groups is 1. The van der Waals surface area contributed by atoms with E-state index in [4.69, 9.17) is 10.6 Å². The molecule has 7 nitrogen and oxygen atoms in total. The Hall–Kier alpha value is -1.18. The molecule has 0 aromatic heterocycles. The number of hydrogen-bond donors (Lipinski definition) is 2. The Balaban J connectivity index is 1.67. The van der Waals surface area contributed by atoms with Gasteiger partial charge < -0.3 is 10.1 Å². The van der Waals surface area contributed by atoms with E-state index in [0.717, 1.165) is 26.1 Å². The lowest BCUT2D eigenvalue weighted by molar-refractivity contribution is -0.133. The minimum Gasteiger partial charge on any atom is -0.381 e. The zero-order chi connectivity index (χ0) is 14.2. The number of rotatable bonds is 2. The number of nitrogens with two attached hydrogens (primary N) is 1. The molecule has 3 aliphatic rings. The first-order valence-electron chi connectivity index (χ1n) is 7.32. The van der Waals surface area contributed by atoms with Crippen molar-refractivity contribution in [1.29, 1.82) is 0 Å². The molecule has 3 N–H and O–H groups in total. The van der Waals surface area contributed by atoms with Crippen LogP contribution in [0.1, 0.15) is 25.7 Å². The zero-order valence-electron chi connectivity index (χ0n) is 11.6. The molecule has 3 fully saturated rings. The van der Waals surface area contributed by atoms with E-state index < -0.39 is 5.54 Å². The van der Waals surface area contributed by atoms with Crippen molar-refractivity contribution in [2.24, 2.45) is 11.8 Å². The first kappa shape index (κ1) is 13.8. The predicted octanol–water partition coefficient (Wildman–Crippen LogP) is -0.327. The van der Waals surface area contributed by atoms with Crippen molar-refractivity contribution in [3.63, 3.8) is 0 Å². The average molecular weight is 282 g/mol. The molecule has 3 heterocycles. The lowest BCUT2D eigenvalue weighted by Gasteiger charge is -2.35. The minimum atomic E-state index is -0.710. The van der Waals surface area contributed by atoms with E-state index in [-0.39, 0.29) is 11.9 Å². The number of ether oxygens (including phenoxy) is 1. The summed E-state index contributed by atoms with van der Waals surface area (Å²) in [7, 11) is 0. The van der Waals surface area contributed by atoms with Crippen LogP contribution in [0.5, 0.6) is 0 Å². The summed E-state index contributed by atoms with van der Waals surface area (Å²) in [4.78, 5) is 26.2. The van der Waals surface area contributed by atoms with E-state index in [1.807, 2.05) is 0 Å². The molecule has 1 spiro atoms. The smallest absolute Gasteiger partial charge is 0.325 e. The third kappa shape index (κ3) is 2.41. The second-order valence-electron chi connectivity index (χ2n) is 6.02. The number of carbonyl (C=O) groups is 2. The van der Waals surface area contributed by atoms with Crippen molar-refractivity contribution in [3.05, 3.63) is 0 Å². The molecule has 0 aromatic carbocycles. The van der Waals surface area contributed by atoms with Crippen molar-refractivity contribution >= 4 is 11.9 Å². The first-order valence-corrected chi connectivity index (χ1v) is 7.32. The number of imide groups is 1. The molecule has 3 saturated heterocycles. The quantitative estimate of drug-likeness (QED) is 0.535. The van der Waals surface area contributed by atoms with Gasteiger partial charge in [0.15, 0.2) is 0 Å². The van der Waals surface area contributed by atoms with E-state index in [1.165, 1.54) is 4.90 Å². The van der Waals surface area contributed by atoms with E-state index in [9.17, 15) is 9.59 Å². The third-order valence-electron chi connectivity index (χ3n) is 4.68. The van der Waals surface area contributed by atoms with Gasteiger partial charge in [-0.25, -0.2) is 9.80 Å². The first-order chi connectivity index (χ1) is 9.61. The molecule has 0 saturated carbocycles. The van der Waals surface area contributed by atoms with Gasteiger partial charge in [0.1, 0.15) is 5.54 Å². The fourth-order valence-electron chi connectivity index (χ4n) is 3.27. The molecule has 0 radical (unpaired) electrons. The normalized spacial score (nSPS) is 28.1. The highest BCUT2D eigenvalue weighted by Crippen LogP contribution is 2.30. The zero-order valence-corrected chi connectivity index (χ0v) is 11.6. The Bertz CT molecular complexity index is 400. The second kappa shape index (κ2) is 5.31. The molecule has 0 aromatic rings. The maximum absolute atomic E-state index is 12.6. The number of hydrazine groups is 1. The van der Waals surface area contributed by atoms with E-state index in [1.54, 1.807) is 5.01 Å². The Morgan fingerprint density at radius 1 is 1.25 bits per heavy atom. The maximum Gasteiger partial charge on any atom is 0.325 e. The van der Waals surface area contributed by atoms with Crippen LogP contribution < -0.4 is 11.2 Å². The van der Waals surface area contributed by atoms with E-state index >= 15 is 0 Å². The third-order valence-corrected chi connectivity index (χ3v) is 4.68. The van der Waals surface area contributed by atoms with Crippen LogP contribution in [0.15, 0.2) is 0 Å². The number of hydrogen-bond acceptors (Lipinski definition) is 5. The summed E-state index contributed by atoms with van der Waals surface area (Å²) in [6.45, 7) is 3.24. The van der Waals surface area contributed by atoms with Crippen LogP contribution in [0.25, 0.3) is 0 Å². The highest BCUT2D eigenvalue weighted by Gasteiger charge is 2.52. The fourth-order valence-corrected chi connectivity index (χ4v) is 3.27. The molecular formula is C13H22N4O3. The molecule has 3 rings (SSSR count). The molecule has 7 heteroatoms. The lowest BCUT2D eigenvalue weighted by Crippen LogP contribution is -2.56. The van der Waals surface area contributed by atoms with Crippen LogP contribution >= 0.6 is 0 Å². The summed E-state index contributed by atoms with van der Waals surface area (Å²) < 4.78 is 5.32. The number of nitrogens with one attached hydrogen (secondary N) is 1. The molecule has 112 valence electrons. The number of piperidine rings is 1. The van der Waals surface area contributed by atoms with Gasteiger partial charge in [-0.05, 0) is 31.6 Å². The van der Waals surface area contributed by atoms with Gasteiger partial charge in [-0.2, -0.15) is 0 Å². The standard InChI is InChI=1S/C13H22N4O3/c14-16-5-3-13(4-6-16)11(18)17(12(19)15-13)9-10-1-7-20-8-2-10/h10H,1-9,14H2,(H,15,19). The van der Waals surface area contributed by atoms with Crippen molar-refractivity contribution in [3.8, 4) is 0 Å². The maximum atomic E-state index is 12.6. The Morgan fingerprint density at radius 3 is 2.55 bits per heavy atom. The summed E-state index contributed by atoms with van der Waals surface area (Å²) >= 11 is 0. The summed E-state index contributed by atoms with van der Waals surface area (Å²) in [6, 6.07) is -0.244. The Morgan fingerprint density at radius 2 is 1.90 bits per heavy atom. The minimum absolute atomic E-state index is 0.0675. The lowest BCUT2D eigenvalue weighted by atomic mass is 9.88. The molecular weight excluding hydrogens is 260 g/mol. The van der Waals surface area contributed by atoms with Gasteiger partial charge in [0.2, 0.25) is 0 Å². The van der Waals surface area contributed by atoms with Gasteiger partial charge in [-0.1, -0.05) is 0 Å². The van der Waals surface area contributed by atoms with Crippen LogP contribution in [0, 0.1) is 5.92 Å². The fraction of sp³-hybridized carbons (Fsp3) is 0.846. The SMILES string of the molecule is NN1CCC2(CC1)NC(=O)N(CC1CCOCC1)C2=O. The molecule has 0 unspecified atom stereocenters. The summed E-state index contributed by atoms with van der Waals surface area (Å²) in [5.41, 5.74) is -0.710. The molecule has 3 amide bonds. The molecule has 20 heavy (non-hydrogen) atoms. The van der Waals surface area contributed by atoms with Crippen molar-refractivity contribution in [1.82, 2.24) is 15.2 Å². The molecule has 0 bridgehead atoms. The predicted molar refractivity (Wildman–Crippen MR) is 71.5 cm³/mol.